The number of fused-ring (bicyclic) bond motifs is 2. The lowest BCUT2D eigenvalue weighted by Crippen LogP contribution is -2.10. The molecule has 0 saturated heterocycles. The molecule has 0 unspecified atom stereocenters. The average molecular weight is 643 g/mol. The first-order valence-corrected chi connectivity index (χ1v) is 15.4. The number of hydrogen-bond donors (Lipinski definition) is 2. The SMILES string of the molecule is O=P(OCc1ccccc1)(OCc1ccccc1)C(c1c[nH]c2ccc(C(F)(F)F)cc12)c1c[nH]c2ccc(C(F)(F)F)cc12. The van der Waals surface area contributed by atoms with Crippen LogP contribution >= 0.6 is 7.60 Å². The first-order chi connectivity index (χ1) is 21.4. The van der Waals surface area contributed by atoms with Crippen molar-refractivity contribution in [3.8, 4) is 0 Å². The number of rotatable bonds is 9. The predicted molar refractivity (Wildman–Crippen MR) is 159 cm³/mol. The maximum Gasteiger partial charge on any atom is 0.416 e. The summed E-state index contributed by atoms with van der Waals surface area (Å²) in [7, 11) is -4.46. The van der Waals surface area contributed by atoms with Crippen molar-refractivity contribution in [1.29, 1.82) is 0 Å². The van der Waals surface area contributed by atoms with Crippen molar-refractivity contribution in [3.63, 3.8) is 0 Å². The number of alkyl halides is 6. The van der Waals surface area contributed by atoms with Crippen molar-refractivity contribution in [2.24, 2.45) is 0 Å². The zero-order chi connectivity index (χ0) is 31.8. The zero-order valence-electron chi connectivity index (χ0n) is 23.3. The van der Waals surface area contributed by atoms with Crippen LogP contribution in [-0.2, 0) is 39.2 Å². The van der Waals surface area contributed by atoms with Gasteiger partial charge in [0.2, 0.25) is 0 Å². The molecule has 2 aromatic heterocycles. The molecule has 0 bridgehead atoms. The van der Waals surface area contributed by atoms with E-state index in [-0.39, 0.29) is 35.1 Å². The maximum atomic E-state index is 15.2. The van der Waals surface area contributed by atoms with Crippen LogP contribution in [0.4, 0.5) is 26.3 Å². The fourth-order valence-electron chi connectivity index (χ4n) is 5.26. The Hall–Kier alpha value is -4.31. The lowest BCUT2D eigenvalue weighted by Gasteiger charge is -2.27. The van der Waals surface area contributed by atoms with E-state index in [1.165, 1.54) is 24.5 Å². The zero-order valence-corrected chi connectivity index (χ0v) is 24.2. The third-order valence-electron chi connectivity index (χ3n) is 7.50. The third-order valence-corrected chi connectivity index (χ3v) is 9.66. The van der Waals surface area contributed by atoms with E-state index >= 15 is 4.57 Å². The molecule has 232 valence electrons. The molecule has 6 aromatic rings. The van der Waals surface area contributed by atoms with Crippen molar-refractivity contribution < 1.29 is 40.0 Å². The topological polar surface area (TPSA) is 67.1 Å². The van der Waals surface area contributed by atoms with Crippen molar-refractivity contribution in [2.75, 3.05) is 0 Å². The molecule has 6 rings (SSSR count). The van der Waals surface area contributed by atoms with Crippen molar-refractivity contribution in [1.82, 2.24) is 9.97 Å². The second kappa shape index (κ2) is 11.9. The summed E-state index contributed by atoms with van der Waals surface area (Å²) in [5, 5.41) is 0.144. The number of halogens is 6. The Balaban J connectivity index is 1.57. The molecule has 0 radical (unpaired) electrons. The minimum Gasteiger partial charge on any atom is -0.361 e. The maximum absolute atomic E-state index is 15.2. The minimum atomic E-state index is -4.68. The van der Waals surface area contributed by atoms with Crippen molar-refractivity contribution in [3.05, 3.63) is 143 Å². The number of aromatic nitrogens is 2. The van der Waals surface area contributed by atoms with Gasteiger partial charge in [0.1, 0.15) is 5.66 Å². The highest BCUT2D eigenvalue weighted by Gasteiger charge is 2.43. The van der Waals surface area contributed by atoms with E-state index in [2.05, 4.69) is 9.97 Å². The Labute approximate surface area is 253 Å². The highest BCUT2D eigenvalue weighted by atomic mass is 31.2. The number of benzene rings is 4. The molecule has 4 aromatic carbocycles. The number of aromatic amines is 2. The molecule has 2 N–H and O–H groups in total. The van der Waals surface area contributed by atoms with Crippen molar-refractivity contribution in [2.45, 2.75) is 31.2 Å². The van der Waals surface area contributed by atoms with E-state index in [9.17, 15) is 26.3 Å². The fraction of sp³-hybridized carbons (Fsp3) is 0.152. The van der Waals surface area contributed by atoms with E-state index < -0.39 is 36.7 Å². The first-order valence-electron chi connectivity index (χ1n) is 13.8. The van der Waals surface area contributed by atoms with Gasteiger partial charge in [-0.25, -0.2) is 0 Å². The van der Waals surface area contributed by atoms with E-state index in [1.54, 1.807) is 60.7 Å². The standard InChI is InChI=1S/C33H25F6N2O3P/c34-32(35,36)23-11-13-29-25(15-23)27(17-40-29)31(28-18-41-30-14-12-24(16-26(28)30)33(37,38)39)45(42,43-19-21-7-3-1-4-8-21)44-20-22-9-5-2-6-10-22/h1-18,31,40-41H,19-20H2. The van der Waals surface area contributed by atoms with Crippen LogP contribution in [0.5, 0.6) is 0 Å². The molecular formula is C33H25F6N2O3P. The van der Waals surface area contributed by atoms with Crippen LogP contribution in [0.15, 0.2) is 109 Å². The lowest BCUT2D eigenvalue weighted by atomic mass is 10.0. The smallest absolute Gasteiger partial charge is 0.361 e. The van der Waals surface area contributed by atoms with Crippen LogP contribution in [0.1, 0.15) is 39.0 Å². The van der Waals surface area contributed by atoms with Gasteiger partial charge in [0.05, 0.1) is 24.3 Å². The minimum absolute atomic E-state index is 0.0722. The molecule has 0 aliphatic carbocycles. The lowest BCUT2D eigenvalue weighted by molar-refractivity contribution is -0.138. The van der Waals surface area contributed by atoms with Crippen LogP contribution in [0.25, 0.3) is 21.8 Å². The van der Waals surface area contributed by atoms with E-state index in [4.69, 9.17) is 9.05 Å². The Bertz CT molecular complexity index is 1850. The molecular weight excluding hydrogens is 617 g/mol. The molecule has 0 atom stereocenters. The average Bonchev–Trinajstić information content (AvgIpc) is 3.63. The monoisotopic (exact) mass is 642 g/mol. The Morgan fingerprint density at radius 1 is 0.600 bits per heavy atom. The summed E-state index contributed by atoms with van der Waals surface area (Å²) < 4.78 is 110. The van der Waals surface area contributed by atoms with Gasteiger partial charge in [-0.1, -0.05) is 60.7 Å². The third kappa shape index (κ3) is 6.42. The van der Waals surface area contributed by atoms with Gasteiger partial charge in [-0.3, -0.25) is 4.57 Å². The summed E-state index contributed by atoms with van der Waals surface area (Å²) in [5.74, 6) is 0. The van der Waals surface area contributed by atoms with Crippen molar-refractivity contribution >= 4 is 29.4 Å². The van der Waals surface area contributed by atoms with Gasteiger partial charge in [0, 0.05) is 34.2 Å². The molecule has 0 amide bonds. The first kappa shape index (κ1) is 30.7. The largest absolute Gasteiger partial charge is 0.416 e. The molecule has 0 fully saturated rings. The second-order valence-electron chi connectivity index (χ2n) is 10.5. The molecule has 45 heavy (non-hydrogen) atoms. The summed E-state index contributed by atoms with van der Waals surface area (Å²) in [4.78, 5) is 5.85. The number of hydrogen-bond acceptors (Lipinski definition) is 3. The molecule has 0 saturated carbocycles. The van der Waals surface area contributed by atoms with E-state index in [0.29, 0.717) is 22.2 Å². The Morgan fingerprint density at radius 3 is 1.38 bits per heavy atom. The van der Waals surface area contributed by atoms with Crippen LogP contribution in [0.2, 0.25) is 0 Å². The molecule has 0 spiro atoms. The van der Waals surface area contributed by atoms with Crippen LogP contribution in [0.3, 0.4) is 0 Å². The van der Waals surface area contributed by atoms with Crippen LogP contribution < -0.4 is 0 Å². The second-order valence-corrected chi connectivity index (χ2v) is 12.6. The number of nitrogens with one attached hydrogen (secondary N) is 2. The summed E-state index contributed by atoms with van der Waals surface area (Å²) >= 11 is 0. The highest BCUT2D eigenvalue weighted by Crippen LogP contribution is 2.66. The van der Waals surface area contributed by atoms with Crippen LogP contribution in [0, 0.1) is 0 Å². The molecule has 12 heteroatoms. The van der Waals surface area contributed by atoms with Gasteiger partial charge in [0.25, 0.3) is 0 Å². The normalized spacial score (nSPS) is 12.9. The summed E-state index contributed by atoms with van der Waals surface area (Å²) in [5.41, 5.74) is -1.23. The molecule has 0 aliphatic heterocycles. The van der Waals surface area contributed by atoms with Gasteiger partial charge in [-0.05, 0) is 58.7 Å². The fourth-order valence-corrected chi connectivity index (χ4v) is 7.40. The Morgan fingerprint density at radius 2 is 1.00 bits per heavy atom. The van der Waals surface area contributed by atoms with Gasteiger partial charge >= 0.3 is 19.9 Å². The summed E-state index contributed by atoms with van der Waals surface area (Å²) in [6.45, 7) is -0.397. The quantitative estimate of drug-likeness (QED) is 0.122. The molecule has 0 aliphatic rings. The van der Waals surface area contributed by atoms with Gasteiger partial charge < -0.3 is 19.0 Å². The van der Waals surface area contributed by atoms with Gasteiger partial charge in [0.15, 0.2) is 0 Å². The predicted octanol–water partition coefficient (Wildman–Crippen LogP) is 10.4. The Kier molecular flexibility index (Phi) is 8.11. The number of H-pyrrole nitrogens is 2. The molecule has 5 nitrogen and oxygen atoms in total. The van der Waals surface area contributed by atoms with E-state index in [0.717, 1.165) is 24.3 Å². The molecule has 2 heterocycles. The summed E-state index contributed by atoms with van der Waals surface area (Å²) in [6, 6.07) is 23.7. The van der Waals surface area contributed by atoms with Crippen LogP contribution in [-0.4, -0.2) is 9.97 Å². The highest BCUT2D eigenvalue weighted by molar-refractivity contribution is 7.54. The van der Waals surface area contributed by atoms with E-state index in [1.807, 2.05) is 0 Å². The van der Waals surface area contributed by atoms with Gasteiger partial charge in [-0.15, -0.1) is 0 Å². The summed E-state index contributed by atoms with van der Waals surface area (Å²) in [6.07, 6.45) is -6.57. The van der Waals surface area contributed by atoms with Gasteiger partial charge in [-0.2, -0.15) is 26.3 Å².